The van der Waals surface area contributed by atoms with Gasteiger partial charge in [-0.05, 0) is 37.7 Å². The van der Waals surface area contributed by atoms with Crippen LogP contribution in [-0.4, -0.2) is 30.3 Å². The van der Waals surface area contributed by atoms with Crippen molar-refractivity contribution in [1.82, 2.24) is 4.90 Å². The first-order valence-corrected chi connectivity index (χ1v) is 8.91. The Balaban J connectivity index is 2.68. The highest BCUT2D eigenvalue weighted by molar-refractivity contribution is 7.96. The molecule has 1 atom stereocenters. The number of hydrogen-bond donors (Lipinski definition) is 1. The molecule has 0 fully saturated rings. The van der Waals surface area contributed by atoms with Gasteiger partial charge in [-0.3, -0.25) is 14.6 Å². The zero-order valence-corrected chi connectivity index (χ0v) is 16.2. The van der Waals surface area contributed by atoms with Gasteiger partial charge in [-0.1, -0.05) is 62.9 Å². The Morgan fingerprint density at radius 2 is 1.72 bits per heavy atom. The molecule has 0 saturated carbocycles. The molecule has 0 radical (unpaired) electrons. The van der Waals surface area contributed by atoms with Gasteiger partial charge < -0.3 is 4.74 Å². The van der Waals surface area contributed by atoms with E-state index < -0.39 is 5.66 Å². The minimum Gasteiger partial charge on any atom is -0.497 e. The quantitative estimate of drug-likeness (QED) is 0.572. The second kappa shape index (κ2) is 8.41. The lowest BCUT2D eigenvalue weighted by molar-refractivity contribution is 0.118. The lowest BCUT2D eigenvalue weighted by atomic mass is 9.96. The summed E-state index contributed by atoms with van der Waals surface area (Å²) in [6, 6.07) is 17.6. The summed E-state index contributed by atoms with van der Waals surface area (Å²) < 4.78 is 5.34. The fourth-order valence-corrected chi connectivity index (χ4v) is 3.65. The van der Waals surface area contributed by atoms with Crippen LogP contribution in [-0.2, 0) is 5.66 Å². The standard InChI is InChI=1S/C20H26N2O2S/c1-5-21(6-2)20(3,16-11-8-7-9-12-16)22(19(23)25)17-13-10-14-18(15-17)24-4/h7-15H,5-6H2,1-4H3,(H,23,25). The number of carbonyl (C=O) groups is 1. The molecule has 2 aromatic carbocycles. The van der Waals surface area contributed by atoms with Crippen LogP contribution >= 0.6 is 12.6 Å². The smallest absolute Gasteiger partial charge is 0.284 e. The van der Waals surface area contributed by atoms with E-state index in [4.69, 9.17) is 4.74 Å². The SMILES string of the molecule is CCN(CC)C(C)(c1ccccc1)N(C(=O)S)c1cccc(OC)c1. The average Bonchev–Trinajstić information content (AvgIpc) is 2.63. The molecule has 0 bridgehead atoms. The molecule has 134 valence electrons. The molecule has 0 heterocycles. The predicted molar refractivity (Wildman–Crippen MR) is 107 cm³/mol. The van der Waals surface area contributed by atoms with Crippen LogP contribution in [0.5, 0.6) is 5.75 Å². The molecular weight excluding hydrogens is 332 g/mol. The van der Waals surface area contributed by atoms with Crippen molar-refractivity contribution in [2.24, 2.45) is 0 Å². The Morgan fingerprint density at radius 1 is 1.08 bits per heavy atom. The summed E-state index contributed by atoms with van der Waals surface area (Å²) >= 11 is 4.20. The third-order valence-electron chi connectivity index (χ3n) is 4.64. The highest BCUT2D eigenvalue weighted by atomic mass is 32.1. The van der Waals surface area contributed by atoms with Crippen molar-refractivity contribution in [3.63, 3.8) is 0 Å². The molecule has 0 spiro atoms. The van der Waals surface area contributed by atoms with E-state index in [1.807, 2.05) is 54.6 Å². The van der Waals surface area contributed by atoms with Crippen LogP contribution in [0.2, 0.25) is 0 Å². The summed E-state index contributed by atoms with van der Waals surface area (Å²) in [5, 5.41) is -0.313. The molecule has 1 unspecified atom stereocenters. The van der Waals surface area contributed by atoms with Gasteiger partial charge in [0, 0.05) is 6.07 Å². The summed E-state index contributed by atoms with van der Waals surface area (Å²) in [5.41, 5.74) is 1.11. The first kappa shape index (κ1) is 19.3. The maximum absolute atomic E-state index is 12.6. The topological polar surface area (TPSA) is 32.8 Å². The molecule has 1 amide bonds. The largest absolute Gasteiger partial charge is 0.497 e. The van der Waals surface area contributed by atoms with Gasteiger partial charge in [0.2, 0.25) is 0 Å². The monoisotopic (exact) mass is 358 g/mol. The third-order valence-corrected chi connectivity index (χ3v) is 4.84. The second-order valence-corrected chi connectivity index (χ2v) is 6.26. The molecule has 25 heavy (non-hydrogen) atoms. The highest BCUT2D eigenvalue weighted by Gasteiger charge is 2.41. The van der Waals surface area contributed by atoms with Crippen molar-refractivity contribution >= 4 is 23.6 Å². The fourth-order valence-electron chi connectivity index (χ4n) is 3.34. The van der Waals surface area contributed by atoms with Gasteiger partial charge in [-0.2, -0.15) is 0 Å². The minimum absolute atomic E-state index is 0.313. The lowest BCUT2D eigenvalue weighted by Gasteiger charge is -2.48. The first-order chi connectivity index (χ1) is 12.0. The van der Waals surface area contributed by atoms with Crippen LogP contribution in [0.15, 0.2) is 54.6 Å². The molecule has 0 aliphatic carbocycles. The van der Waals surface area contributed by atoms with E-state index in [0.717, 1.165) is 24.3 Å². The number of methoxy groups -OCH3 is 1. The van der Waals surface area contributed by atoms with Crippen LogP contribution in [0, 0.1) is 0 Å². The first-order valence-electron chi connectivity index (χ1n) is 8.46. The number of nitrogens with zero attached hydrogens (tertiary/aromatic N) is 2. The molecular formula is C20H26N2O2S. The molecule has 0 aliphatic heterocycles. The summed E-state index contributed by atoms with van der Waals surface area (Å²) in [4.78, 5) is 16.6. The van der Waals surface area contributed by atoms with Crippen molar-refractivity contribution in [3.05, 3.63) is 60.2 Å². The number of benzene rings is 2. The number of amides is 1. The molecule has 0 aromatic heterocycles. The van der Waals surface area contributed by atoms with Crippen molar-refractivity contribution in [3.8, 4) is 5.75 Å². The molecule has 2 rings (SSSR count). The van der Waals surface area contributed by atoms with E-state index in [9.17, 15) is 4.79 Å². The number of anilines is 1. The van der Waals surface area contributed by atoms with Gasteiger partial charge in [-0.25, -0.2) is 0 Å². The van der Waals surface area contributed by atoms with Crippen LogP contribution in [0.4, 0.5) is 10.5 Å². The van der Waals surface area contributed by atoms with Gasteiger partial charge >= 0.3 is 0 Å². The highest BCUT2D eigenvalue weighted by Crippen LogP contribution is 2.38. The third kappa shape index (κ3) is 3.83. The number of thiol groups is 1. The minimum atomic E-state index is -0.671. The normalized spacial score (nSPS) is 13.4. The van der Waals surface area contributed by atoms with Gasteiger partial charge in [0.05, 0.1) is 12.8 Å². The van der Waals surface area contributed by atoms with E-state index in [0.29, 0.717) is 5.75 Å². The van der Waals surface area contributed by atoms with Gasteiger partial charge in [0.1, 0.15) is 11.4 Å². The van der Waals surface area contributed by atoms with Crippen molar-refractivity contribution in [1.29, 1.82) is 0 Å². The van der Waals surface area contributed by atoms with Crippen LogP contribution < -0.4 is 9.64 Å². The summed E-state index contributed by atoms with van der Waals surface area (Å²) in [6.45, 7) is 7.84. The van der Waals surface area contributed by atoms with Crippen molar-refractivity contribution < 1.29 is 9.53 Å². The van der Waals surface area contributed by atoms with E-state index in [2.05, 4.69) is 38.3 Å². The fraction of sp³-hybridized carbons (Fsp3) is 0.350. The van der Waals surface area contributed by atoms with E-state index >= 15 is 0 Å². The van der Waals surface area contributed by atoms with Gasteiger partial charge in [0.25, 0.3) is 5.24 Å². The van der Waals surface area contributed by atoms with Crippen molar-refractivity contribution in [2.45, 2.75) is 26.4 Å². The average molecular weight is 359 g/mol. The zero-order valence-electron chi connectivity index (χ0n) is 15.3. The van der Waals surface area contributed by atoms with E-state index in [-0.39, 0.29) is 5.24 Å². The van der Waals surface area contributed by atoms with Gasteiger partial charge in [-0.15, -0.1) is 0 Å². The predicted octanol–water partition coefficient (Wildman–Crippen LogP) is 4.77. The molecule has 0 N–H and O–H groups in total. The van der Waals surface area contributed by atoms with Crippen molar-refractivity contribution in [2.75, 3.05) is 25.1 Å². The molecule has 0 saturated heterocycles. The number of rotatable bonds is 7. The summed E-state index contributed by atoms with van der Waals surface area (Å²) in [7, 11) is 1.62. The maximum Gasteiger partial charge on any atom is 0.284 e. The Labute approximate surface area is 155 Å². The Kier molecular flexibility index (Phi) is 6.51. The van der Waals surface area contributed by atoms with E-state index in [1.54, 1.807) is 12.0 Å². The Hall–Kier alpha value is -1.98. The Morgan fingerprint density at radius 3 is 2.24 bits per heavy atom. The van der Waals surface area contributed by atoms with Crippen LogP contribution in [0.3, 0.4) is 0 Å². The van der Waals surface area contributed by atoms with Crippen LogP contribution in [0.1, 0.15) is 26.3 Å². The second-order valence-electron chi connectivity index (χ2n) is 5.88. The number of hydrogen-bond acceptors (Lipinski definition) is 3. The maximum atomic E-state index is 12.6. The lowest BCUT2D eigenvalue weighted by Crippen LogP contribution is -2.57. The van der Waals surface area contributed by atoms with Gasteiger partial charge in [0.15, 0.2) is 0 Å². The van der Waals surface area contributed by atoms with E-state index in [1.165, 1.54) is 0 Å². The van der Waals surface area contributed by atoms with Crippen LogP contribution in [0.25, 0.3) is 0 Å². The number of ether oxygens (including phenoxy) is 1. The summed E-state index contributed by atoms with van der Waals surface area (Å²) in [5.74, 6) is 0.701. The summed E-state index contributed by atoms with van der Waals surface area (Å²) in [6.07, 6.45) is 0. The Bertz CT molecular complexity index is 704. The molecule has 4 nitrogen and oxygen atoms in total. The molecule has 2 aromatic rings. The zero-order chi connectivity index (χ0) is 18.4. The molecule has 0 aliphatic rings. The molecule has 5 heteroatoms. The number of carbonyl (C=O) groups excluding carboxylic acids is 1.